The minimum atomic E-state index is -0.384. The third-order valence-electron chi connectivity index (χ3n) is 3.66. The van der Waals surface area contributed by atoms with Gasteiger partial charge in [0.15, 0.2) is 0 Å². The molecule has 1 amide bonds. The first-order valence-corrected chi connectivity index (χ1v) is 7.08. The van der Waals surface area contributed by atoms with E-state index < -0.39 is 0 Å². The van der Waals surface area contributed by atoms with Crippen LogP contribution in [0.3, 0.4) is 0 Å². The Balaban J connectivity index is 1.92. The summed E-state index contributed by atoms with van der Waals surface area (Å²) in [6.45, 7) is 0.810. The van der Waals surface area contributed by atoms with Crippen molar-refractivity contribution in [3.8, 4) is 5.75 Å². The first-order valence-electron chi connectivity index (χ1n) is 7.08. The van der Waals surface area contributed by atoms with E-state index in [9.17, 15) is 9.18 Å². The molecule has 3 rings (SSSR count). The van der Waals surface area contributed by atoms with Crippen LogP contribution in [-0.2, 0) is 0 Å². The van der Waals surface area contributed by atoms with E-state index >= 15 is 0 Å². The number of carbonyl (C=O) groups is 1. The number of rotatable bonds is 2. The summed E-state index contributed by atoms with van der Waals surface area (Å²) in [5.74, 6) is -0.00336. The Labute approximate surface area is 128 Å². The highest BCUT2D eigenvalue weighted by Crippen LogP contribution is 2.33. The number of halogens is 1. The molecule has 2 aromatic carbocycles. The molecular formula is C17H17FN2O2. The molecule has 0 saturated carbocycles. The molecule has 22 heavy (non-hydrogen) atoms. The lowest BCUT2D eigenvalue weighted by atomic mass is 10.1. The molecule has 114 valence electrons. The van der Waals surface area contributed by atoms with Gasteiger partial charge in [0.05, 0.1) is 12.2 Å². The second-order valence-electron chi connectivity index (χ2n) is 5.36. The van der Waals surface area contributed by atoms with E-state index in [1.807, 2.05) is 31.1 Å². The van der Waals surface area contributed by atoms with Crippen molar-refractivity contribution in [2.24, 2.45) is 0 Å². The number of anilines is 2. The quantitative estimate of drug-likeness (QED) is 0.855. The van der Waals surface area contributed by atoms with Gasteiger partial charge in [-0.25, -0.2) is 4.39 Å². The van der Waals surface area contributed by atoms with E-state index in [0.29, 0.717) is 30.2 Å². The predicted octanol–water partition coefficient (Wildman–Crippen LogP) is 2.93. The van der Waals surface area contributed by atoms with Gasteiger partial charge in [0.2, 0.25) is 0 Å². The zero-order chi connectivity index (χ0) is 15.7. The minimum absolute atomic E-state index is 0.152. The molecule has 0 aromatic heterocycles. The van der Waals surface area contributed by atoms with Crippen molar-refractivity contribution < 1.29 is 13.9 Å². The number of amides is 1. The SMILES string of the molecule is CN(C)c1ccc(C(=O)N2CCOc3ccc(F)cc32)cc1. The van der Waals surface area contributed by atoms with Crippen molar-refractivity contribution in [1.82, 2.24) is 0 Å². The van der Waals surface area contributed by atoms with Gasteiger partial charge in [0, 0.05) is 31.4 Å². The highest BCUT2D eigenvalue weighted by molar-refractivity contribution is 6.07. The van der Waals surface area contributed by atoms with Crippen LogP contribution in [0, 0.1) is 5.82 Å². The predicted molar refractivity (Wildman–Crippen MR) is 84.3 cm³/mol. The molecule has 0 fully saturated rings. The van der Waals surface area contributed by atoms with Crippen molar-refractivity contribution >= 4 is 17.3 Å². The van der Waals surface area contributed by atoms with Gasteiger partial charge in [0.25, 0.3) is 5.91 Å². The van der Waals surface area contributed by atoms with Crippen molar-refractivity contribution in [2.75, 3.05) is 37.0 Å². The fourth-order valence-corrected chi connectivity index (χ4v) is 2.46. The number of fused-ring (bicyclic) bond motifs is 1. The van der Waals surface area contributed by atoms with Gasteiger partial charge < -0.3 is 14.5 Å². The maximum atomic E-state index is 13.5. The van der Waals surface area contributed by atoms with Crippen LogP contribution in [0.2, 0.25) is 0 Å². The average Bonchev–Trinajstić information content (AvgIpc) is 2.53. The van der Waals surface area contributed by atoms with Crippen LogP contribution >= 0.6 is 0 Å². The topological polar surface area (TPSA) is 32.8 Å². The molecule has 2 aromatic rings. The fourth-order valence-electron chi connectivity index (χ4n) is 2.46. The number of ether oxygens (including phenoxy) is 1. The Morgan fingerprint density at radius 1 is 1.18 bits per heavy atom. The van der Waals surface area contributed by atoms with Crippen LogP contribution in [0.5, 0.6) is 5.75 Å². The van der Waals surface area contributed by atoms with E-state index in [1.54, 1.807) is 23.1 Å². The Bertz CT molecular complexity index is 698. The maximum Gasteiger partial charge on any atom is 0.258 e. The lowest BCUT2D eigenvalue weighted by Gasteiger charge is -2.29. The van der Waals surface area contributed by atoms with Gasteiger partial charge in [-0.2, -0.15) is 0 Å². The van der Waals surface area contributed by atoms with Gasteiger partial charge in [-0.1, -0.05) is 0 Å². The molecule has 0 unspecified atom stereocenters. The van der Waals surface area contributed by atoms with Crippen molar-refractivity contribution in [2.45, 2.75) is 0 Å². The molecule has 0 saturated heterocycles. The molecule has 1 heterocycles. The van der Waals surface area contributed by atoms with E-state index in [4.69, 9.17) is 4.74 Å². The Morgan fingerprint density at radius 2 is 1.91 bits per heavy atom. The van der Waals surface area contributed by atoms with Crippen LogP contribution in [-0.4, -0.2) is 33.2 Å². The molecule has 5 heteroatoms. The summed E-state index contributed by atoms with van der Waals surface area (Å²) in [6, 6.07) is 11.6. The Kier molecular flexibility index (Phi) is 3.71. The van der Waals surface area contributed by atoms with Gasteiger partial charge in [-0.15, -0.1) is 0 Å². The molecule has 1 aliphatic heterocycles. The fraction of sp³-hybridized carbons (Fsp3) is 0.235. The van der Waals surface area contributed by atoms with Gasteiger partial charge in [-0.3, -0.25) is 4.79 Å². The molecule has 4 nitrogen and oxygen atoms in total. The summed E-state index contributed by atoms with van der Waals surface area (Å²) < 4.78 is 19.0. The van der Waals surface area contributed by atoms with Crippen LogP contribution in [0.15, 0.2) is 42.5 Å². The van der Waals surface area contributed by atoms with Crippen molar-refractivity contribution in [3.05, 3.63) is 53.8 Å². The number of hydrogen-bond donors (Lipinski definition) is 0. The molecule has 0 aliphatic carbocycles. The molecule has 0 N–H and O–H groups in total. The standard InChI is InChI=1S/C17H17FN2O2/c1-19(2)14-6-3-12(4-7-14)17(21)20-9-10-22-16-8-5-13(18)11-15(16)20/h3-8,11H,9-10H2,1-2H3. The summed E-state index contributed by atoms with van der Waals surface area (Å²) in [4.78, 5) is 16.2. The van der Waals surface area contributed by atoms with E-state index in [-0.39, 0.29) is 11.7 Å². The van der Waals surface area contributed by atoms with Gasteiger partial charge in [0.1, 0.15) is 18.2 Å². The number of carbonyl (C=O) groups excluding carboxylic acids is 1. The number of benzene rings is 2. The first kappa shape index (κ1) is 14.4. The monoisotopic (exact) mass is 300 g/mol. The molecule has 0 spiro atoms. The molecule has 0 atom stereocenters. The molecule has 0 radical (unpaired) electrons. The van der Waals surface area contributed by atoms with Crippen molar-refractivity contribution in [1.29, 1.82) is 0 Å². The lowest BCUT2D eigenvalue weighted by molar-refractivity contribution is 0.0976. The van der Waals surface area contributed by atoms with Crippen molar-refractivity contribution in [3.63, 3.8) is 0 Å². The summed E-state index contributed by atoms with van der Waals surface area (Å²) in [6.07, 6.45) is 0. The Morgan fingerprint density at radius 3 is 2.59 bits per heavy atom. The van der Waals surface area contributed by atoms with E-state index in [1.165, 1.54) is 12.1 Å². The molecule has 1 aliphatic rings. The highest BCUT2D eigenvalue weighted by atomic mass is 19.1. The molecular weight excluding hydrogens is 283 g/mol. The smallest absolute Gasteiger partial charge is 0.258 e. The number of nitrogens with zero attached hydrogens (tertiary/aromatic N) is 2. The lowest BCUT2D eigenvalue weighted by Crippen LogP contribution is -2.38. The third kappa shape index (κ3) is 2.62. The summed E-state index contributed by atoms with van der Waals surface area (Å²) >= 11 is 0. The number of hydrogen-bond acceptors (Lipinski definition) is 3. The first-order chi connectivity index (χ1) is 10.6. The average molecular weight is 300 g/mol. The normalized spacial score (nSPS) is 13.3. The second kappa shape index (κ2) is 5.67. The molecule has 0 bridgehead atoms. The minimum Gasteiger partial charge on any atom is -0.490 e. The summed E-state index contributed by atoms with van der Waals surface area (Å²) in [5.41, 5.74) is 2.07. The van der Waals surface area contributed by atoms with Gasteiger partial charge >= 0.3 is 0 Å². The highest BCUT2D eigenvalue weighted by Gasteiger charge is 2.25. The van der Waals surface area contributed by atoms with Gasteiger partial charge in [-0.05, 0) is 36.4 Å². The Hall–Kier alpha value is -2.56. The maximum absolute atomic E-state index is 13.5. The zero-order valence-electron chi connectivity index (χ0n) is 12.5. The summed E-state index contributed by atoms with van der Waals surface area (Å²) in [7, 11) is 3.88. The van der Waals surface area contributed by atoms with E-state index in [2.05, 4.69) is 0 Å². The third-order valence-corrected chi connectivity index (χ3v) is 3.66. The van der Waals surface area contributed by atoms with E-state index in [0.717, 1.165) is 5.69 Å². The largest absolute Gasteiger partial charge is 0.490 e. The zero-order valence-corrected chi connectivity index (χ0v) is 12.5. The van der Waals surface area contributed by atoms with Crippen LogP contribution in [0.4, 0.5) is 15.8 Å². The van der Waals surface area contributed by atoms with Crippen LogP contribution < -0.4 is 14.5 Å². The second-order valence-corrected chi connectivity index (χ2v) is 5.36. The van der Waals surface area contributed by atoms with Crippen LogP contribution in [0.1, 0.15) is 10.4 Å². The summed E-state index contributed by atoms with van der Waals surface area (Å²) in [5, 5.41) is 0. The van der Waals surface area contributed by atoms with Crippen LogP contribution in [0.25, 0.3) is 0 Å².